The van der Waals surface area contributed by atoms with Crippen molar-refractivity contribution in [3.05, 3.63) is 35.4 Å². The quantitative estimate of drug-likeness (QED) is 0.694. The van der Waals surface area contributed by atoms with Gasteiger partial charge in [0.2, 0.25) is 0 Å². The summed E-state index contributed by atoms with van der Waals surface area (Å²) in [6, 6.07) is 8.46. The normalized spacial score (nSPS) is 13.7. The van der Waals surface area contributed by atoms with Crippen LogP contribution in [0.2, 0.25) is 0 Å². The summed E-state index contributed by atoms with van der Waals surface area (Å²) in [6.07, 6.45) is -2.81. The molecule has 3 N–H and O–H groups in total. The number of carbonyl (C=O) groups is 1. The van der Waals surface area contributed by atoms with Crippen LogP contribution in [0.5, 0.6) is 0 Å². The van der Waals surface area contributed by atoms with E-state index in [2.05, 4.69) is 0 Å². The zero-order valence-electron chi connectivity index (χ0n) is 9.08. The van der Waals surface area contributed by atoms with Gasteiger partial charge in [0.25, 0.3) is 0 Å². The fraction of sp³-hybridized carbons (Fsp3) is 0.333. The highest BCUT2D eigenvalue weighted by molar-refractivity contribution is 5.67. The summed E-state index contributed by atoms with van der Waals surface area (Å²) in [5.74, 6) is -1.17. The number of aliphatic hydroxyl groups excluding tert-OH is 2. The number of rotatable bonds is 5. The van der Waals surface area contributed by atoms with Gasteiger partial charge in [-0.15, -0.1) is 0 Å². The molecule has 0 saturated heterocycles. The van der Waals surface area contributed by atoms with Crippen LogP contribution in [0.3, 0.4) is 0 Å². The second kappa shape index (κ2) is 5.99. The van der Waals surface area contributed by atoms with Crippen LogP contribution >= 0.6 is 0 Å². The third-order valence-corrected chi connectivity index (χ3v) is 2.35. The molecule has 0 fully saturated rings. The first-order chi connectivity index (χ1) is 8.04. The van der Waals surface area contributed by atoms with Crippen LogP contribution in [0.25, 0.3) is 0 Å². The molecular weight excluding hydrogens is 222 g/mol. The molecule has 5 nitrogen and oxygen atoms in total. The molecule has 17 heavy (non-hydrogen) atoms. The third kappa shape index (κ3) is 3.87. The average Bonchev–Trinajstić information content (AvgIpc) is 2.28. The standard InChI is InChI=1S/C12H13NO4/c13-6-5-8-1-3-9(4-2-8)12(17)10(14)7-11(15)16/h1-4,10,12,14,17H,5,7H2,(H,15,16). The van der Waals surface area contributed by atoms with Gasteiger partial charge in [0, 0.05) is 0 Å². The summed E-state index contributed by atoms with van der Waals surface area (Å²) in [6.45, 7) is 0. The molecule has 2 unspecified atom stereocenters. The molecule has 0 aliphatic carbocycles. The molecular formula is C12H13NO4. The van der Waals surface area contributed by atoms with Crippen LogP contribution in [-0.4, -0.2) is 27.4 Å². The van der Waals surface area contributed by atoms with Gasteiger partial charge in [-0.3, -0.25) is 4.79 Å². The van der Waals surface area contributed by atoms with Crippen LogP contribution in [-0.2, 0) is 11.2 Å². The van der Waals surface area contributed by atoms with Gasteiger partial charge in [-0.25, -0.2) is 0 Å². The van der Waals surface area contributed by atoms with Gasteiger partial charge in [-0.2, -0.15) is 5.26 Å². The number of benzene rings is 1. The summed E-state index contributed by atoms with van der Waals surface area (Å²) in [4.78, 5) is 10.4. The Labute approximate surface area is 98.6 Å². The first kappa shape index (κ1) is 13.2. The van der Waals surface area contributed by atoms with Gasteiger partial charge in [0.1, 0.15) is 6.10 Å². The SMILES string of the molecule is N#CCc1ccc(C(O)C(O)CC(=O)O)cc1. The Morgan fingerprint density at radius 3 is 2.35 bits per heavy atom. The molecule has 1 aromatic rings. The Morgan fingerprint density at radius 1 is 1.29 bits per heavy atom. The van der Waals surface area contributed by atoms with E-state index in [9.17, 15) is 15.0 Å². The fourth-order valence-corrected chi connectivity index (χ4v) is 1.44. The van der Waals surface area contributed by atoms with E-state index in [0.717, 1.165) is 5.56 Å². The highest BCUT2D eigenvalue weighted by atomic mass is 16.4. The lowest BCUT2D eigenvalue weighted by molar-refractivity contribution is -0.141. The average molecular weight is 235 g/mol. The van der Waals surface area contributed by atoms with E-state index in [0.29, 0.717) is 5.56 Å². The maximum atomic E-state index is 10.4. The molecule has 0 aromatic heterocycles. The van der Waals surface area contributed by atoms with Gasteiger partial charge >= 0.3 is 5.97 Å². The molecule has 0 aliphatic heterocycles. The number of nitrogens with zero attached hydrogens (tertiary/aromatic N) is 1. The van der Waals surface area contributed by atoms with E-state index in [1.807, 2.05) is 6.07 Å². The smallest absolute Gasteiger partial charge is 0.306 e. The minimum absolute atomic E-state index is 0.272. The molecule has 0 aliphatic rings. The second-order valence-corrected chi connectivity index (χ2v) is 3.69. The second-order valence-electron chi connectivity index (χ2n) is 3.69. The summed E-state index contributed by atoms with van der Waals surface area (Å²) in [7, 11) is 0. The number of carboxylic acids is 1. The lowest BCUT2D eigenvalue weighted by Gasteiger charge is -2.16. The number of carboxylic acid groups (broad SMARTS) is 1. The number of nitriles is 1. The van der Waals surface area contributed by atoms with Crippen molar-refractivity contribution in [2.75, 3.05) is 0 Å². The van der Waals surface area contributed by atoms with E-state index in [-0.39, 0.29) is 6.42 Å². The lowest BCUT2D eigenvalue weighted by Crippen LogP contribution is -2.21. The van der Waals surface area contributed by atoms with Crippen LogP contribution in [0.1, 0.15) is 23.7 Å². The van der Waals surface area contributed by atoms with Crippen molar-refractivity contribution in [1.29, 1.82) is 5.26 Å². The first-order valence-electron chi connectivity index (χ1n) is 5.08. The highest BCUT2D eigenvalue weighted by Crippen LogP contribution is 2.19. The van der Waals surface area contributed by atoms with Gasteiger partial charge < -0.3 is 15.3 Å². The minimum atomic E-state index is -1.34. The van der Waals surface area contributed by atoms with Gasteiger partial charge in [-0.05, 0) is 11.1 Å². The van der Waals surface area contributed by atoms with E-state index in [1.54, 1.807) is 24.3 Å². The summed E-state index contributed by atoms with van der Waals surface area (Å²) in [5, 5.41) is 36.1. The fourth-order valence-electron chi connectivity index (χ4n) is 1.44. The van der Waals surface area contributed by atoms with Crippen molar-refractivity contribution in [1.82, 2.24) is 0 Å². The summed E-state index contributed by atoms with van der Waals surface area (Å²) >= 11 is 0. The Balaban J connectivity index is 2.72. The van der Waals surface area contributed by atoms with Crippen molar-refractivity contribution in [3.63, 3.8) is 0 Å². The monoisotopic (exact) mass is 235 g/mol. The number of hydrogen-bond acceptors (Lipinski definition) is 4. The third-order valence-electron chi connectivity index (χ3n) is 2.35. The molecule has 1 aromatic carbocycles. The van der Waals surface area contributed by atoms with Gasteiger partial charge in [-0.1, -0.05) is 24.3 Å². The number of hydrogen-bond donors (Lipinski definition) is 3. The molecule has 0 heterocycles. The Kier molecular flexibility index (Phi) is 4.64. The van der Waals surface area contributed by atoms with Crippen LogP contribution in [0.15, 0.2) is 24.3 Å². The zero-order chi connectivity index (χ0) is 12.8. The van der Waals surface area contributed by atoms with Crippen LogP contribution < -0.4 is 0 Å². The van der Waals surface area contributed by atoms with E-state index in [1.165, 1.54) is 0 Å². The van der Waals surface area contributed by atoms with Crippen LogP contribution in [0, 0.1) is 11.3 Å². The van der Waals surface area contributed by atoms with Gasteiger partial charge in [0.05, 0.1) is 25.0 Å². The predicted octanol–water partition coefficient (Wildman–Crippen LogP) is 0.622. The molecule has 2 atom stereocenters. The van der Waals surface area contributed by atoms with E-state index in [4.69, 9.17) is 10.4 Å². The van der Waals surface area contributed by atoms with Crippen molar-refractivity contribution >= 4 is 5.97 Å². The number of aliphatic hydroxyl groups is 2. The van der Waals surface area contributed by atoms with E-state index < -0.39 is 24.6 Å². The molecule has 0 saturated carbocycles. The molecule has 0 spiro atoms. The van der Waals surface area contributed by atoms with Crippen LogP contribution in [0.4, 0.5) is 0 Å². The molecule has 90 valence electrons. The Bertz CT molecular complexity index is 421. The topological polar surface area (TPSA) is 102 Å². The molecule has 0 amide bonds. The molecule has 5 heteroatoms. The number of aliphatic carboxylic acids is 1. The molecule has 1 rings (SSSR count). The summed E-state index contributed by atoms with van der Waals surface area (Å²) in [5.41, 5.74) is 1.23. The van der Waals surface area contributed by atoms with Gasteiger partial charge in [0.15, 0.2) is 0 Å². The van der Waals surface area contributed by atoms with Crippen molar-refractivity contribution in [3.8, 4) is 6.07 Å². The first-order valence-corrected chi connectivity index (χ1v) is 5.08. The molecule has 0 radical (unpaired) electrons. The lowest BCUT2D eigenvalue weighted by atomic mass is 10.0. The van der Waals surface area contributed by atoms with Crippen molar-refractivity contribution < 1.29 is 20.1 Å². The largest absolute Gasteiger partial charge is 0.481 e. The van der Waals surface area contributed by atoms with E-state index >= 15 is 0 Å². The maximum absolute atomic E-state index is 10.4. The van der Waals surface area contributed by atoms with Crippen molar-refractivity contribution in [2.45, 2.75) is 25.0 Å². The zero-order valence-corrected chi connectivity index (χ0v) is 9.08. The van der Waals surface area contributed by atoms with Crippen molar-refractivity contribution in [2.24, 2.45) is 0 Å². The highest BCUT2D eigenvalue weighted by Gasteiger charge is 2.20. The predicted molar refractivity (Wildman–Crippen MR) is 59.0 cm³/mol. The Hall–Kier alpha value is -1.90. The maximum Gasteiger partial charge on any atom is 0.306 e. The summed E-state index contributed by atoms with van der Waals surface area (Å²) < 4.78 is 0. The Morgan fingerprint density at radius 2 is 1.88 bits per heavy atom. The minimum Gasteiger partial charge on any atom is -0.481 e. The molecule has 0 bridgehead atoms.